The van der Waals surface area contributed by atoms with E-state index in [4.69, 9.17) is 20.4 Å². The predicted octanol–water partition coefficient (Wildman–Crippen LogP) is 1.03. The quantitative estimate of drug-likeness (QED) is 0.574. The van der Waals surface area contributed by atoms with Crippen LogP contribution >= 0.6 is 0 Å². The van der Waals surface area contributed by atoms with E-state index in [0.29, 0.717) is 0 Å². The lowest BCUT2D eigenvalue weighted by Crippen LogP contribution is -2.00. The summed E-state index contributed by atoms with van der Waals surface area (Å²) < 4.78 is 0. The van der Waals surface area contributed by atoms with Crippen molar-refractivity contribution in [2.75, 3.05) is 0 Å². The maximum absolute atomic E-state index is 9.64. The number of rotatable bonds is 3. The second kappa shape index (κ2) is 7.10. The molecule has 0 spiro atoms. The smallest absolute Gasteiger partial charge is 0.303 e. The average Bonchev–Trinajstić information content (AvgIpc) is 2.20. The van der Waals surface area contributed by atoms with E-state index in [0.717, 1.165) is 0 Å². The third-order valence-corrected chi connectivity index (χ3v) is 1.40. The molecule has 4 N–H and O–H groups in total. The van der Waals surface area contributed by atoms with Gasteiger partial charge in [0, 0.05) is 0 Å². The third kappa shape index (κ3) is 8.36. The summed E-state index contributed by atoms with van der Waals surface area (Å²) in [4.78, 5) is 19.3. The Labute approximate surface area is 91.4 Å². The van der Waals surface area contributed by atoms with Gasteiger partial charge in [0.1, 0.15) is 11.5 Å². The van der Waals surface area contributed by atoms with Gasteiger partial charge in [0.15, 0.2) is 0 Å². The molecule has 0 aliphatic carbocycles. The van der Waals surface area contributed by atoms with Gasteiger partial charge in [-0.2, -0.15) is 0 Å². The summed E-state index contributed by atoms with van der Waals surface area (Å²) in [5.74, 6) is -1.81. The molecule has 0 atom stereocenters. The van der Waals surface area contributed by atoms with Gasteiger partial charge >= 0.3 is 11.9 Å². The lowest BCUT2D eigenvalue weighted by molar-refractivity contribution is -0.143. The van der Waals surface area contributed by atoms with Gasteiger partial charge in [-0.05, 0) is 24.3 Å². The van der Waals surface area contributed by atoms with Crippen molar-refractivity contribution in [3.63, 3.8) is 0 Å². The molecule has 0 amide bonds. The molecular formula is C10H12O6. The number of carboxylic acids is 2. The zero-order valence-corrected chi connectivity index (χ0v) is 8.33. The van der Waals surface area contributed by atoms with Crippen molar-refractivity contribution in [3.8, 4) is 11.5 Å². The normalized spacial score (nSPS) is 8.75. The van der Waals surface area contributed by atoms with Crippen LogP contribution in [0.15, 0.2) is 24.3 Å². The number of hydrogen-bond acceptors (Lipinski definition) is 4. The summed E-state index contributed by atoms with van der Waals surface area (Å²) in [5, 5.41) is 33.1. The number of carboxylic acid groups (broad SMARTS) is 2. The molecule has 0 saturated heterocycles. The minimum absolute atomic E-state index is 0.169. The standard InChI is InChI=1S/C6H6O2.C4H6O4/c7-5-1-2-6(8)4-3-5;5-3(6)1-2-4(7)8/h1-4,7-8H;1-2H2,(H,5,6)(H,7,8). The number of hydrogen-bond donors (Lipinski definition) is 4. The van der Waals surface area contributed by atoms with Gasteiger partial charge in [0.05, 0.1) is 12.8 Å². The fourth-order valence-electron chi connectivity index (χ4n) is 0.666. The van der Waals surface area contributed by atoms with E-state index >= 15 is 0 Å². The van der Waals surface area contributed by atoms with Gasteiger partial charge in [-0.3, -0.25) is 9.59 Å². The summed E-state index contributed by atoms with van der Waals surface area (Å²) in [7, 11) is 0. The average molecular weight is 228 g/mol. The maximum atomic E-state index is 9.64. The van der Waals surface area contributed by atoms with Gasteiger partial charge in [-0.1, -0.05) is 0 Å². The predicted molar refractivity (Wildman–Crippen MR) is 54.3 cm³/mol. The van der Waals surface area contributed by atoms with Crippen LogP contribution in [0.4, 0.5) is 0 Å². The van der Waals surface area contributed by atoms with Crippen LogP contribution in [0.2, 0.25) is 0 Å². The molecule has 0 aliphatic rings. The highest BCUT2D eigenvalue weighted by molar-refractivity contribution is 5.75. The van der Waals surface area contributed by atoms with E-state index in [9.17, 15) is 9.59 Å². The molecule has 1 aromatic rings. The first-order chi connectivity index (χ1) is 7.41. The Balaban J connectivity index is 0.000000281. The Hall–Kier alpha value is -2.24. The molecule has 0 saturated carbocycles. The molecule has 0 aliphatic heterocycles. The Morgan fingerprint density at radius 3 is 1.25 bits per heavy atom. The molecule has 0 heterocycles. The van der Waals surface area contributed by atoms with Crippen LogP contribution in [0.1, 0.15) is 12.8 Å². The molecule has 6 heteroatoms. The molecule has 0 radical (unpaired) electrons. The monoisotopic (exact) mass is 228 g/mol. The van der Waals surface area contributed by atoms with Crippen molar-refractivity contribution in [1.29, 1.82) is 0 Å². The summed E-state index contributed by atoms with van der Waals surface area (Å²) in [6.45, 7) is 0. The Kier molecular flexibility index (Phi) is 6.11. The highest BCUT2D eigenvalue weighted by Crippen LogP contribution is 2.13. The fourth-order valence-corrected chi connectivity index (χ4v) is 0.666. The molecule has 0 unspecified atom stereocenters. The first kappa shape index (κ1) is 13.8. The van der Waals surface area contributed by atoms with Crippen molar-refractivity contribution < 1.29 is 30.0 Å². The summed E-state index contributed by atoms with van der Waals surface area (Å²) >= 11 is 0. The highest BCUT2D eigenvalue weighted by Gasteiger charge is 2.00. The molecular weight excluding hydrogens is 216 g/mol. The van der Waals surface area contributed by atoms with E-state index in [2.05, 4.69) is 0 Å². The van der Waals surface area contributed by atoms with E-state index in [1.807, 2.05) is 0 Å². The number of aromatic hydroxyl groups is 2. The zero-order chi connectivity index (χ0) is 12.6. The first-order valence-corrected chi connectivity index (χ1v) is 4.33. The molecule has 0 fully saturated rings. The Bertz CT molecular complexity index is 308. The number of aliphatic carboxylic acids is 2. The lowest BCUT2D eigenvalue weighted by atomic mass is 10.3. The van der Waals surface area contributed by atoms with Crippen molar-refractivity contribution in [3.05, 3.63) is 24.3 Å². The molecule has 1 rings (SSSR count). The number of phenols is 2. The summed E-state index contributed by atoms with van der Waals surface area (Å²) in [5.41, 5.74) is 0. The van der Waals surface area contributed by atoms with Gasteiger partial charge in [-0.25, -0.2) is 0 Å². The van der Waals surface area contributed by atoms with Crippen molar-refractivity contribution in [1.82, 2.24) is 0 Å². The van der Waals surface area contributed by atoms with Gasteiger partial charge in [0.25, 0.3) is 0 Å². The molecule has 0 bridgehead atoms. The maximum Gasteiger partial charge on any atom is 0.303 e. The first-order valence-electron chi connectivity index (χ1n) is 4.33. The largest absolute Gasteiger partial charge is 0.508 e. The van der Waals surface area contributed by atoms with Crippen LogP contribution in [-0.2, 0) is 9.59 Å². The van der Waals surface area contributed by atoms with Crippen LogP contribution in [0.5, 0.6) is 11.5 Å². The second-order valence-electron chi connectivity index (χ2n) is 2.80. The number of benzene rings is 1. The van der Waals surface area contributed by atoms with Crippen molar-refractivity contribution in [2.45, 2.75) is 12.8 Å². The Morgan fingerprint density at radius 1 is 0.812 bits per heavy atom. The van der Waals surface area contributed by atoms with E-state index in [-0.39, 0.29) is 24.3 Å². The van der Waals surface area contributed by atoms with Gasteiger partial charge < -0.3 is 20.4 Å². The molecule has 1 aromatic carbocycles. The van der Waals surface area contributed by atoms with Gasteiger partial charge in [0.2, 0.25) is 0 Å². The van der Waals surface area contributed by atoms with Crippen molar-refractivity contribution in [2.24, 2.45) is 0 Å². The molecule has 6 nitrogen and oxygen atoms in total. The minimum Gasteiger partial charge on any atom is -0.508 e. The van der Waals surface area contributed by atoms with E-state index < -0.39 is 11.9 Å². The SMILES string of the molecule is O=C(O)CCC(=O)O.Oc1ccc(O)cc1. The van der Waals surface area contributed by atoms with Crippen LogP contribution in [0, 0.1) is 0 Å². The van der Waals surface area contributed by atoms with Crippen LogP contribution in [0.3, 0.4) is 0 Å². The molecule has 16 heavy (non-hydrogen) atoms. The van der Waals surface area contributed by atoms with E-state index in [1.165, 1.54) is 24.3 Å². The topological polar surface area (TPSA) is 115 Å². The summed E-state index contributed by atoms with van der Waals surface area (Å²) in [6, 6.07) is 5.70. The van der Waals surface area contributed by atoms with Crippen molar-refractivity contribution >= 4 is 11.9 Å². The van der Waals surface area contributed by atoms with Crippen LogP contribution in [0.25, 0.3) is 0 Å². The zero-order valence-electron chi connectivity index (χ0n) is 8.33. The van der Waals surface area contributed by atoms with Crippen LogP contribution in [-0.4, -0.2) is 32.4 Å². The highest BCUT2D eigenvalue weighted by atomic mass is 16.4. The summed E-state index contributed by atoms with van der Waals surface area (Å²) in [6.07, 6.45) is -0.593. The second-order valence-corrected chi connectivity index (χ2v) is 2.80. The van der Waals surface area contributed by atoms with E-state index in [1.54, 1.807) is 0 Å². The third-order valence-electron chi connectivity index (χ3n) is 1.40. The number of carbonyl (C=O) groups is 2. The molecule has 0 aromatic heterocycles. The molecule has 88 valence electrons. The number of phenolic OH excluding ortho intramolecular Hbond substituents is 2. The van der Waals surface area contributed by atoms with Gasteiger partial charge in [-0.15, -0.1) is 0 Å². The Morgan fingerprint density at radius 2 is 1.06 bits per heavy atom. The minimum atomic E-state index is -1.08. The fraction of sp³-hybridized carbons (Fsp3) is 0.200. The van der Waals surface area contributed by atoms with Crippen LogP contribution < -0.4 is 0 Å². The lowest BCUT2D eigenvalue weighted by Gasteiger charge is -1.88.